The first-order valence-corrected chi connectivity index (χ1v) is 14.5. The quantitative estimate of drug-likeness (QED) is 0.210. The first-order chi connectivity index (χ1) is 19.0. The highest BCUT2D eigenvalue weighted by molar-refractivity contribution is 7.17. The van der Waals surface area contributed by atoms with E-state index in [1.165, 1.54) is 23.3 Å². The van der Waals surface area contributed by atoms with E-state index in [9.17, 15) is 9.59 Å². The molecule has 0 fully saturated rings. The smallest absolute Gasteiger partial charge is 0.233 e. The van der Waals surface area contributed by atoms with Gasteiger partial charge in [-0.25, -0.2) is 14.8 Å². The van der Waals surface area contributed by atoms with Crippen molar-refractivity contribution in [1.82, 2.24) is 19.3 Å². The molecule has 0 atom stereocenters. The van der Waals surface area contributed by atoms with Crippen LogP contribution in [0.1, 0.15) is 71.5 Å². The van der Waals surface area contributed by atoms with Crippen molar-refractivity contribution < 1.29 is 9.59 Å². The zero-order valence-corrected chi connectivity index (χ0v) is 25.6. The zero-order chi connectivity index (χ0) is 29.7. The van der Waals surface area contributed by atoms with E-state index < -0.39 is 0 Å². The van der Waals surface area contributed by atoms with Gasteiger partial charge in [0.2, 0.25) is 11.5 Å². The summed E-state index contributed by atoms with van der Waals surface area (Å²) in [4.78, 5) is 37.7. The molecule has 0 aliphatic heterocycles. The van der Waals surface area contributed by atoms with Crippen LogP contribution in [-0.4, -0.2) is 51.5 Å². The van der Waals surface area contributed by atoms with E-state index in [1.807, 2.05) is 82.6 Å². The maximum atomic E-state index is 11.5. The average Bonchev–Trinajstić information content (AvgIpc) is 3.52. The molecule has 3 heterocycles. The van der Waals surface area contributed by atoms with Crippen LogP contribution in [0.25, 0.3) is 10.6 Å². The van der Waals surface area contributed by atoms with E-state index >= 15 is 0 Å². The molecule has 42 heavy (non-hydrogen) atoms. The number of fused-ring (bicyclic) bond motifs is 2. The molecule has 0 unspecified atom stereocenters. The molecule has 1 N–H and O–H groups in total. The standard InChI is InChI=1S/C15H18N2OS.C9H17NO.C7H7N3.2CH4/c1-10(2)12(18)8-9-17-15-14(16-3)11-6-4-5-7-13(11)19-15;1-8(2)9(11)6-5-7-10(3)4;1-6-2-4-10-5-3-8-7(10)9-6;;/h8-10,17H,4-7H2,1-2H3;5-6,8H,7H2,1-4H3;2-5H,1H3;2*1H4/b9-8+;6-5+;;;. The Bertz CT molecular complexity index is 1360. The Hall–Kier alpha value is -3.61. The van der Waals surface area contributed by atoms with E-state index in [0.29, 0.717) is 0 Å². The maximum Gasteiger partial charge on any atom is 0.233 e. The lowest BCUT2D eigenvalue weighted by molar-refractivity contribution is -0.118. The number of ketones is 2. The van der Waals surface area contributed by atoms with Gasteiger partial charge in [0.15, 0.2) is 11.6 Å². The minimum absolute atomic E-state index is 0. The molecule has 9 heteroatoms. The molecular weight excluding hydrogens is 544 g/mol. The topological polar surface area (TPSA) is 84.0 Å². The number of nitrogens with zero attached hydrogens (tertiary/aromatic N) is 5. The van der Waals surface area contributed by atoms with Gasteiger partial charge in [-0.1, -0.05) is 55.0 Å². The molecule has 4 rings (SSSR count). The summed E-state index contributed by atoms with van der Waals surface area (Å²) in [7, 11) is 3.95. The van der Waals surface area contributed by atoms with Gasteiger partial charge in [0, 0.05) is 48.9 Å². The van der Waals surface area contributed by atoms with Crippen LogP contribution in [-0.2, 0) is 22.4 Å². The number of anilines is 1. The second-order valence-corrected chi connectivity index (χ2v) is 11.6. The van der Waals surface area contributed by atoms with E-state index in [1.54, 1.807) is 35.9 Å². The maximum absolute atomic E-state index is 11.5. The molecule has 3 aromatic heterocycles. The molecule has 230 valence electrons. The fourth-order valence-corrected chi connectivity index (χ4v) is 4.83. The van der Waals surface area contributed by atoms with Crippen LogP contribution in [0.3, 0.4) is 0 Å². The van der Waals surface area contributed by atoms with Crippen molar-refractivity contribution in [3.8, 4) is 0 Å². The number of rotatable bonds is 8. The number of imidazole rings is 1. The van der Waals surface area contributed by atoms with Crippen molar-refractivity contribution in [2.24, 2.45) is 11.8 Å². The van der Waals surface area contributed by atoms with Crippen molar-refractivity contribution in [3.63, 3.8) is 0 Å². The van der Waals surface area contributed by atoms with E-state index in [4.69, 9.17) is 6.57 Å². The molecule has 0 aromatic carbocycles. The molecule has 0 amide bonds. The Balaban J connectivity index is 0.000000630. The molecule has 0 spiro atoms. The lowest BCUT2D eigenvalue weighted by atomic mass is 9.98. The van der Waals surface area contributed by atoms with Crippen LogP contribution < -0.4 is 5.32 Å². The third-order valence-corrected chi connectivity index (χ3v) is 7.22. The first kappa shape index (κ1) is 38.4. The van der Waals surface area contributed by atoms with Gasteiger partial charge in [-0.15, -0.1) is 11.3 Å². The summed E-state index contributed by atoms with van der Waals surface area (Å²) in [5, 5.41) is 3.99. The summed E-state index contributed by atoms with van der Waals surface area (Å²) in [5.41, 5.74) is 2.97. The number of aryl methyl sites for hydroxylation is 2. The van der Waals surface area contributed by atoms with Crippen LogP contribution in [0.15, 0.2) is 49.1 Å². The van der Waals surface area contributed by atoms with Crippen LogP contribution in [0.4, 0.5) is 10.7 Å². The van der Waals surface area contributed by atoms with E-state index in [0.717, 1.165) is 41.5 Å². The lowest BCUT2D eigenvalue weighted by Gasteiger charge is -2.09. The summed E-state index contributed by atoms with van der Waals surface area (Å²) in [6.45, 7) is 17.7. The number of carbonyl (C=O) groups is 2. The number of nitrogens with one attached hydrogen (secondary N) is 1. The number of carbonyl (C=O) groups excluding carboxylic acids is 2. The van der Waals surface area contributed by atoms with Crippen molar-refractivity contribution >= 4 is 39.4 Å². The molecule has 1 aliphatic rings. The molecule has 1 aliphatic carbocycles. The molecule has 0 radical (unpaired) electrons. The van der Waals surface area contributed by atoms with Gasteiger partial charge in [-0.2, -0.15) is 0 Å². The van der Waals surface area contributed by atoms with Crippen molar-refractivity contribution in [3.05, 3.63) is 76.6 Å². The number of hydrogen-bond acceptors (Lipinski definition) is 7. The van der Waals surface area contributed by atoms with Crippen molar-refractivity contribution in [1.29, 1.82) is 0 Å². The molecule has 0 bridgehead atoms. The van der Waals surface area contributed by atoms with Crippen LogP contribution in [0.5, 0.6) is 0 Å². The second kappa shape index (κ2) is 19.5. The highest BCUT2D eigenvalue weighted by Gasteiger charge is 2.20. The third-order valence-electron chi connectivity index (χ3n) is 6.01. The molecular formula is C33H50N6O2S. The summed E-state index contributed by atoms with van der Waals surface area (Å²) >= 11 is 1.66. The zero-order valence-electron chi connectivity index (χ0n) is 24.8. The highest BCUT2D eigenvalue weighted by Crippen LogP contribution is 2.43. The Morgan fingerprint density at radius 2 is 1.74 bits per heavy atom. The Morgan fingerprint density at radius 3 is 2.36 bits per heavy atom. The van der Waals surface area contributed by atoms with Crippen molar-refractivity contribution in [2.75, 3.05) is 26.0 Å². The fraction of sp³-hybridized carbons (Fsp3) is 0.485. The highest BCUT2D eigenvalue weighted by atomic mass is 32.1. The SMILES string of the molecule is C.C.CC(C)C(=O)/C=C/CN(C)C.Cc1ccn2ccnc2n1.[C-]#[N+]c1c(N/C=C/C(=O)C(C)C)sc2c1CCCC2. The summed E-state index contributed by atoms with van der Waals surface area (Å²) < 4.78 is 1.88. The van der Waals surface area contributed by atoms with Crippen LogP contribution >= 0.6 is 11.3 Å². The molecule has 0 saturated heterocycles. The Morgan fingerprint density at radius 1 is 1.10 bits per heavy atom. The summed E-state index contributed by atoms with van der Waals surface area (Å²) in [5.74, 6) is 1.19. The van der Waals surface area contributed by atoms with Gasteiger partial charge in [-0.3, -0.25) is 14.0 Å². The third kappa shape index (κ3) is 12.5. The first-order valence-electron chi connectivity index (χ1n) is 13.6. The number of allylic oxidation sites excluding steroid dienone is 2. The minimum Gasteiger partial charge on any atom is -0.362 e. The average molecular weight is 595 g/mol. The molecule has 8 nitrogen and oxygen atoms in total. The predicted octanol–water partition coefficient (Wildman–Crippen LogP) is 7.97. The van der Waals surface area contributed by atoms with E-state index in [2.05, 4.69) is 20.1 Å². The van der Waals surface area contributed by atoms with Gasteiger partial charge >= 0.3 is 0 Å². The number of thiophene rings is 1. The predicted molar refractivity (Wildman–Crippen MR) is 179 cm³/mol. The van der Waals surface area contributed by atoms with E-state index in [-0.39, 0.29) is 38.3 Å². The van der Waals surface area contributed by atoms with Crippen LogP contribution in [0.2, 0.25) is 0 Å². The lowest BCUT2D eigenvalue weighted by Crippen LogP contribution is -2.11. The summed E-state index contributed by atoms with van der Waals surface area (Å²) in [6, 6.07) is 1.95. The Kier molecular flexibility index (Phi) is 17.8. The van der Waals surface area contributed by atoms with Gasteiger partial charge < -0.3 is 10.2 Å². The number of hydrogen-bond donors (Lipinski definition) is 1. The number of aromatic nitrogens is 3. The minimum atomic E-state index is 0. The summed E-state index contributed by atoms with van der Waals surface area (Å²) in [6.07, 6.45) is 16.8. The molecule has 3 aromatic rings. The second-order valence-electron chi connectivity index (χ2n) is 10.5. The van der Waals surface area contributed by atoms with Crippen LogP contribution in [0, 0.1) is 25.3 Å². The van der Waals surface area contributed by atoms with Gasteiger partial charge in [-0.05, 0) is 68.9 Å². The van der Waals surface area contributed by atoms with Gasteiger partial charge in [0.05, 0.1) is 11.6 Å². The monoisotopic (exact) mass is 594 g/mol. The number of likely N-dealkylation sites (N-methyl/N-ethyl adjacent to an activating group) is 1. The molecule has 0 saturated carbocycles. The van der Waals surface area contributed by atoms with Crippen molar-refractivity contribution in [2.45, 2.75) is 75.2 Å². The largest absolute Gasteiger partial charge is 0.362 e. The normalized spacial score (nSPS) is 12.1. The van der Waals surface area contributed by atoms with Gasteiger partial charge in [0.1, 0.15) is 0 Å². The fourth-order valence-electron chi connectivity index (χ4n) is 3.62. The van der Waals surface area contributed by atoms with Gasteiger partial charge in [0.25, 0.3) is 0 Å². The Labute approximate surface area is 257 Å².